The predicted octanol–water partition coefficient (Wildman–Crippen LogP) is 4.25. The summed E-state index contributed by atoms with van der Waals surface area (Å²) in [6.45, 7) is 7.65. The molecule has 1 aliphatic heterocycles. The Bertz CT molecular complexity index is 1710. The lowest BCUT2D eigenvalue weighted by Crippen LogP contribution is -2.39. The highest BCUT2D eigenvalue weighted by atomic mass is 35.5. The van der Waals surface area contributed by atoms with Crippen LogP contribution in [0.4, 0.5) is 0 Å². The first-order valence-corrected chi connectivity index (χ1v) is 13.1. The van der Waals surface area contributed by atoms with E-state index in [-0.39, 0.29) is 12.2 Å². The molecule has 7 nitrogen and oxygen atoms in total. The summed E-state index contributed by atoms with van der Waals surface area (Å²) < 4.78 is 9.30. The number of hydrogen-bond donors (Lipinski definition) is 0. The average Bonchev–Trinajstić information content (AvgIpc) is 3.34. The Kier molecular flexibility index (Phi) is 6.70. The van der Waals surface area contributed by atoms with Crippen molar-refractivity contribution in [2.45, 2.75) is 33.7 Å². The fourth-order valence-corrected chi connectivity index (χ4v) is 5.72. The Hall–Kier alpha value is -3.75. The molecule has 188 valence electrons. The van der Waals surface area contributed by atoms with Gasteiger partial charge in [-0.3, -0.25) is 9.36 Å². The van der Waals surface area contributed by atoms with Gasteiger partial charge in [0.25, 0.3) is 5.56 Å². The SMILES string of the molecule is CCOC(=O)C1=C(C)N=c2s/c(=C/c3c(C)nn(-c4ccccc4)c3C)c(=O)n2[C@H]1c1ccc(Cl)cc1. The number of para-hydroxylation sites is 1. The molecule has 1 aliphatic rings. The Morgan fingerprint density at radius 3 is 2.49 bits per heavy atom. The smallest absolute Gasteiger partial charge is 0.338 e. The van der Waals surface area contributed by atoms with Gasteiger partial charge in [0.05, 0.1) is 39.8 Å². The quantitative estimate of drug-likeness (QED) is 0.360. The van der Waals surface area contributed by atoms with Crippen LogP contribution in [0.3, 0.4) is 0 Å². The summed E-state index contributed by atoms with van der Waals surface area (Å²) in [5.74, 6) is -0.492. The maximum absolute atomic E-state index is 13.9. The van der Waals surface area contributed by atoms with Crippen molar-refractivity contribution in [3.63, 3.8) is 0 Å². The molecular formula is C28H25ClN4O3S. The molecule has 0 fully saturated rings. The summed E-state index contributed by atoms with van der Waals surface area (Å²) in [6.07, 6.45) is 1.86. The molecular weight excluding hydrogens is 508 g/mol. The second kappa shape index (κ2) is 9.95. The molecule has 2 aromatic heterocycles. The van der Waals surface area contributed by atoms with Crippen LogP contribution in [-0.2, 0) is 9.53 Å². The second-order valence-corrected chi connectivity index (χ2v) is 10.1. The maximum Gasteiger partial charge on any atom is 0.338 e. The molecule has 0 bridgehead atoms. The first-order valence-electron chi connectivity index (χ1n) is 11.9. The molecule has 0 N–H and O–H groups in total. The van der Waals surface area contributed by atoms with E-state index in [4.69, 9.17) is 21.4 Å². The third-order valence-corrected chi connectivity index (χ3v) is 7.56. The van der Waals surface area contributed by atoms with Gasteiger partial charge in [-0.25, -0.2) is 14.5 Å². The summed E-state index contributed by atoms with van der Waals surface area (Å²) >= 11 is 7.42. The van der Waals surface area contributed by atoms with Crippen LogP contribution in [0.1, 0.15) is 42.4 Å². The van der Waals surface area contributed by atoms with Crippen LogP contribution in [-0.4, -0.2) is 26.9 Å². The van der Waals surface area contributed by atoms with Crippen LogP contribution < -0.4 is 14.9 Å². The number of rotatable bonds is 5. The summed E-state index contributed by atoms with van der Waals surface area (Å²) in [4.78, 5) is 32.0. The molecule has 0 saturated heterocycles. The Labute approximate surface area is 222 Å². The molecule has 5 rings (SSSR count). The van der Waals surface area contributed by atoms with Crippen molar-refractivity contribution < 1.29 is 9.53 Å². The van der Waals surface area contributed by atoms with Gasteiger partial charge >= 0.3 is 5.97 Å². The van der Waals surface area contributed by atoms with Crippen molar-refractivity contribution in [2.75, 3.05) is 6.61 Å². The Morgan fingerprint density at radius 2 is 1.81 bits per heavy atom. The van der Waals surface area contributed by atoms with Gasteiger partial charge in [-0.05, 0) is 63.6 Å². The summed E-state index contributed by atoms with van der Waals surface area (Å²) in [7, 11) is 0. The lowest BCUT2D eigenvalue weighted by molar-refractivity contribution is -0.139. The van der Waals surface area contributed by atoms with E-state index in [1.807, 2.05) is 67.1 Å². The molecule has 9 heteroatoms. The molecule has 0 unspecified atom stereocenters. The van der Waals surface area contributed by atoms with Gasteiger partial charge in [0.2, 0.25) is 0 Å². The van der Waals surface area contributed by atoms with Crippen LogP contribution in [0.25, 0.3) is 11.8 Å². The van der Waals surface area contributed by atoms with Crippen LogP contribution >= 0.6 is 22.9 Å². The van der Waals surface area contributed by atoms with Crippen molar-refractivity contribution in [1.82, 2.24) is 14.3 Å². The molecule has 4 aromatic rings. The summed E-state index contributed by atoms with van der Waals surface area (Å²) in [6, 6.07) is 16.3. The van der Waals surface area contributed by atoms with Crippen molar-refractivity contribution in [3.05, 3.63) is 113 Å². The maximum atomic E-state index is 13.9. The second-order valence-electron chi connectivity index (χ2n) is 8.69. The minimum absolute atomic E-state index is 0.220. The number of benzene rings is 2. The molecule has 3 heterocycles. The number of carbonyl (C=O) groups excluding carboxylic acids is 1. The van der Waals surface area contributed by atoms with Crippen molar-refractivity contribution in [2.24, 2.45) is 4.99 Å². The highest BCUT2D eigenvalue weighted by Gasteiger charge is 2.33. The molecule has 0 spiro atoms. The van der Waals surface area contributed by atoms with E-state index >= 15 is 0 Å². The van der Waals surface area contributed by atoms with E-state index in [1.54, 1.807) is 30.5 Å². The Morgan fingerprint density at radius 1 is 1.11 bits per heavy atom. The van der Waals surface area contributed by atoms with E-state index in [0.717, 1.165) is 28.2 Å². The van der Waals surface area contributed by atoms with Crippen LogP contribution in [0.15, 0.2) is 75.7 Å². The van der Waals surface area contributed by atoms with Gasteiger partial charge in [0.1, 0.15) is 0 Å². The zero-order chi connectivity index (χ0) is 26.3. The summed E-state index contributed by atoms with van der Waals surface area (Å²) in [5, 5.41) is 5.27. The molecule has 1 atom stereocenters. The predicted molar refractivity (Wildman–Crippen MR) is 145 cm³/mol. The van der Waals surface area contributed by atoms with E-state index in [0.29, 0.717) is 25.6 Å². The molecule has 37 heavy (non-hydrogen) atoms. The fourth-order valence-electron chi connectivity index (χ4n) is 4.57. The number of fused-ring (bicyclic) bond motifs is 1. The number of aryl methyl sites for hydroxylation is 1. The standard InChI is InChI=1S/C28H25ClN4O3S/c1-5-36-27(35)24-17(3)30-28-32(25(24)19-11-13-20(29)14-12-19)26(34)23(37-28)15-22-16(2)31-33(18(22)4)21-9-7-6-8-10-21/h6-15,25H,5H2,1-4H3/b23-15+/t25-/m0/s1. The number of ether oxygens (including phenoxy) is 1. The fraction of sp³-hybridized carbons (Fsp3) is 0.214. The molecule has 0 aliphatic carbocycles. The monoisotopic (exact) mass is 532 g/mol. The largest absolute Gasteiger partial charge is 0.463 e. The number of carbonyl (C=O) groups is 1. The van der Waals surface area contributed by atoms with Crippen molar-refractivity contribution in [1.29, 1.82) is 0 Å². The molecule has 2 aromatic carbocycles. The van der Waals surface area contributed by atoms with E-state index in [2.05, 4.69) is 4.99 Å². The van der Waals surface area contributed by atoms with E-state index < -0.39 is 12.0 Å². The van der Waals surface area contributed by atoms with Crippen LogP contribution in [0.5, 0.6) is 0 Å². The number of hydrogen-bond acceptors (Lipinski definition) is 6. The van der Waals surface area contributed by atoms with Gasteiger partial charge < -0.3 is 4.74 Å². The number of thiazole rings is 1. The van der Waals surface area contributed by atoms with Gasteiger partial charge in [-0.2, -0.15) is 5.10 Å². The molecule has 0 saturated carbocycles. The van der Waals surface area contributed by atoms with Crippen LogP contribution in [0, 0.1) is 13.8 Å². The average molecular weight is 533 g/mol. The third-order valence-electron chi connectivity index (χ3n) is 6.33. The number of nitrogens with zero attached hydrogens (tertiary/aromatic N) is 4. The van der Waals surface area contributed by atoms with Crippen LogP contribution in [0.2, 0.25) is 5.02 Å². The highest BCUT2D eigenvalue weighted by Crippen LogP contribution is 2.31. The lowest BCUT2D eigenvalue weighted by atomic mass is 9.96. The Balaban J connectivity index is 1.70. The third kappa shape index (κ3) is 4.47. The highest BCUT2D eigenvalue weighted by molar-refractivity contribution is 7.07. The van der Waals surface area contributed by atoms with Crippen molar-refractivity contribution >= 4 is 35.0 Å². The molecule has 0 amide bonds. The number of esters is 1. The number of allylic oxidation sites excluding steroid dienone is 1. The normalized spacial score (nSPS) is 15.5. The zero-order valence-corrected chi connectivity index (χ0v) is 22.4. The minimum Gasteiger partial charge on any atom is -0.463 e. The van der Waals surface area contributed by atoms with Crippen molar-refractivity contribution in [3.8, 4) is 5.69 Å². The first kappa shape index (κ1) is 24.9. The van der Waals surface area contributed by atoms with Gasteiger partial charge in [-0.1, -0.05) is 53.3 Å². The molecule has 0 radical (unpaired) electrons. The van der Waals surface area contributed by atoms with Gasteiger partial charge in [0, 0.05) is 16.3 Å². The summed E-state index contributed by atoms with van der Waals surface area (Å²) in [5.41, 5.74) is 4.93. The van der Waals surface area contributed by atoms with Gasteiger partial charge in [-0.15, -0.1) is 0 Å². The van der Waals surface area contributed by atoms with E-state index in [1.165, 1.54) is 11.3 Å². The lowest BCUT2D eigenvalue weighted by Gasteiger charge is -2.24. The minimum atomic E-state index is -0.677. The number of aromatic nitrogens is 3. The number of halogens is 1. The topological polar surface area (TPSA) is 78.5 Å². The first-order chi connectivity index (χ1) is 17.8. The zero-order valence-electron chi connectivity index (χ0n) is 20.9. The van der Waals surface area contributed by atoms with Gasteiger partial charge in [0.15, 0.2) is 4.80 Å². The van der Waals surface area contributed by atoms with E-state index in [9.17, 15) is 9.59 Å².